The van der Waals surface area contributed by atoms with Crippen molar-refractivity contribution in [1.82, 2.24) is 19.8 Å². The predicted octanol–water partition coefficient (Wildman–Crippen LogP) is 3.59. The Labute approximate surface area is 198 Å². The molecule has 1 atom stereocenters. The topological polar surface area (TPSA) is 84.2 Å². The maximum absolute atomic E-state index is 13.0. The van der Waals surface area contributed by atoms with Crippen LogP contribution >= 0.6 is 0 Å². The molecule has 0 spiro atoms. The molecule has 1 unspecified atom stereocenters. The van der Waals surface area contributed by atoms with E-state index in [4.69, 9.17) is 0 Å². The molecular weight excluding hydrogens is 426 g/mol. The largest absolute Gasteiger partial charge is 0.325 e. The van der Waals surface area contributed by atoms with Crippen LogP contribution in [0.5, 0.6) is 0 Å². The van der Waals surface area contributed by atoms with Gasteiger partial charge >= 0.3 is 5.69 Å². The van der Waals surface area contributed by atoms with Crippen molar-refractivity contribution < 1.29 is 4.79 Å². The van der Waals surface area contributed by atoms with E-state index < -0.39 is 0 Å². The van der Waals surface area contributed by atoms with Crippen LogP contribution in [0.15, 0.2) is 83.7 Å². The van der Waals surface area contributed by atoms with Crippen molar-refractivity contribution in [3.8, 4) is 0 Å². The fourth-order valence-corrected chi connectivity index (χ4v) is 4.79. The van der Waals surface area contributed by atoms with Gasteiger partial charge in [-0.05, 0) is 36.2 Å². The smallest absolute Gasteiger partial charge is 0.323 e. The molecule has 7 heteroatoms. The molecule has 1 aliphatic rings. The van der Waals surface area contributed by atoms with Crippen molar-refractivity contribution in [3.63, 3.8) is 0 Å². The maximum Gasteiger partial charge on any atom is 0.323 e. The quantitative estimate of drug-likeness (QED) is 0.415. The SMILES string of the molecule is CC(C(=O)Nc1ccc2[nH]c(=O)[nH]c2c1)N1CCN(C(c2ccccc2)c2ccccc2)CC1. The van der Waals surface area contributed by atoms with Gasteiger partial charge < -0.3 is 15.3 Å². The Bertz CT molecular complexity index is 1270. The number of benzene rings is 3. The number of hydrogen-bond acceptors (Lipinski definition) is 4. The fraction of sp³-hybridized carbons (Fsp3) is 0.259. The first kappa shape index (κ1) is 22.1. The Morgan fingerprint density at radius 1 is 0.794 bits per heavy atom. The van der Waals surface area contributed by atoms with Gasteiger partial charge in [0.15, 0.2) is 0 Å². The molecule has 34 heavy (non-hydrogen) atoms. The third kappa shape index (κ3) is 4.66. The first-order valence-electron chi connectivity index (χ1n) is 11.7. The molecule has 1 aromatic heterocycles. The monoisotopic (exact) mass is 455 g/mol. The summed E-state index contributed by atoms with van der Waals surface area (Å²) < 4.78 is 0. The summed E-state index contributed by atoms with van der Waals surface area (Å²) in [6.07, 6.45) is 0. The zero-order chi connectivity index (χ0) is 23.5. The zero-order valence-corrected chi connectivity index (χ0v) is 19.2. The van der Waals surface area contributed by atoms with Gasteiger partial charge in [-0.3, -0.25) is 14.6 Å². The number of nitrogens with zero attached hydrogens (tertiary/aromatic N) is 2. The summed E-state index contributed by atoms with van der Waals surface area (Å²) in [4.78, 5) is 34.6. The number of anilines is 1. The van der Waals surface area contributed by atoms with E-state index in [1.54, 1.807) is 18.2 Å². The van der Waals surface area contributed by atoms with Crippen molar-refractivity contribution >= 4 is 22.6 Å². The standard InChI is InChI=1S/C27H29N5O2/c1-19(26(33)28-22-12-13-23-24(18-22)30-27(34)29-23)31-14-16-32(17-15-31)25(20-8-4-2-5-9-20)21-10-6-3-7-11-21/h2-13,18-19,25H,14-17H2,1H3,(H,28,33)(H2,29,30,34). The number of amides is 1. The number of aromatic nitrogens is 2. The van der Waals surface area contributed by atoms with E-state index in [1.165, 1.54) is 11.1 Å². The van der Waals surface area contributed by atoms with Crippen LogP contribution in [0.2, 0.25) is 0 Å². The minimum atomic E-state index is -0.256. The first-order valence-corrected chi connectivity index (χ1v) is 11.7. The van der Waals surface area contributed by atoms with E-state index in [1.807, 2.05) is 6.92 Å². The predicted molar refractivity (Wildman–Crippen MR) is 135 cm³/mol. The van der Waals surface area contributed by atoms with Gasteiger partial charge in [-0.25, -0.2) is 4.79 Å². The summed E-state index contributed by atoms with van der Waals surface area (Å²) in [5.74, 6) is -0.0478. The lowest BCUT2D eigenvalue weighted by molar-refractivity contribution is -0.121. The van der Waals surface area contributed by atoms with Crippen LogP contribution < -0.4 is 11.0 Å². The van der Waals surface area contributed by atoms with Crippen LogP contribution in [-0.4, -0.2) is 57.9 Å². The highest BCUT2D eigenvalue weighted by molar-refractivity contribution is 5.96. The number of imidazole rings is 1. The summed E-state index contributed by atoms with van der Waals surface area (Å²) in [7, 11) is 0. The fourth-order valence-electron chi connectivity index (χ4n) is 4.79. The molecule has 3 aromatic carbocycles. The Kier molecular flexibility index (Phi) is 6.29. The Morgan fingerprint density at radius 3 is 1.97 bits per heavy atom. The molecule has 7 nitrogen and oxygen atoms in total. The second-order valence-electron chi connectivity index (χ2n) is 8.80. The van der Waals surface area contributed by atoms with Crippen molar-refractivity contribution in [2.24, 2.45) is 0 Å². The van der Waals surface area contributed by atoms with Gasteiger partial charge in [-0.2, -0.15) is 0 Å². The van der Waals surface area contributed by atoms with E-state index in [0.717, 1.165) is 31.7 Å². The normalized spacial score (nSPS) is 16.1. The minimum absolute atomic E-state index is 0.0478. The van der Waals surface area contributed by atoms with Crippen LogP contribution in [0.3, 0.4) is 0 Å². The lowest BCUT2D eigenvalue weighted by Crippen LogP contribution is -2.53. The highest BCUT2D eigenvalue weighted by Crippen LogP contribution is 2.29. The Balaban J connectivity index is 1.25. The molecule has 5 rings (SSSR count). The second kappa shape index (κ2) is 9.67. The van der Waals surface area contributed by atoms with E-state index in [-0.39, 0.29) is 23.7 Å². The number of nitrogens with one attached hydrogen (secondary N) is 3. The molecule has 174 valence electrons. The lowest BCUT2D eigenvalue weighted by Gasteiger charge is -2.41. The van der Waals surface area contributed by atoms with Crippen molar-refractivity contribution in [3.05, 3.63) is 100 Å². The molecule has 0 aliphatic carbocycles. The van der Waals surface area contributed by atoms with Gasteiger partial charge in [-0.1, -0.05) is 60.7 Å². The third-order valence-electron chi connectivity index (χ3n) is 6.66. The number of piperazine rings is 1. The number of aromatic amines is 2. The van der Waals surface area contributed by atoms with Gasteiger partial charge in [0, 0.05) is 31.9 Å². The number of carbonyl (C=O) groups is 1. The van der Waals surface area contributed by atoms with Gasteiger partial charge in [0.05, 0.1) is 23.1 Å². The average molecular weight is 456 g/mol. The highest BCUT2D eigenvalue weighted by Gasteiger charge is 2.30. The molecule has 1 saturated heterocycles. The van der Waals surface area contributed by atoms with E-state index in [9.17, 15) is 9.59 Å². The molecule has 4 aromatic rings. The number of rotatable bonds is 6. The first-order chi connectivity index (χ1) is 16.6. The molecule has 0 saturated carbocycles. The summed E-state index contributed by atoms with van der Waals surface area (Å²) >= 11 is 0. The van der Waals surface area contributed by atoms with Gasteiger partial charge in [0.2, 0.25) is 5.91 Å². The van der Waals surface area contributed by atoms with E-state index in [2.05, 4.69) is 85.7 Å². The molecule has 0 radical (unpaired) electrons. The van der Waals surface area contributed by atoms with Crippen molar-refractivity contribution in [1.29, 1.82) is 0 Å². The molecular formula is C27H29N5O2. The average Bonchev–Trinajstić information content (AvgIpc) is 3.25. The molecule has 1 amide bonds. The van der Waals surface area contributed by atoms with E-state index in [0.29, 0.717) is 11.2 Å². The van der Waals surface area contributed by atoms with Crippen LogP contribution in [0, 0.1) is 0 Å². The van der Waals surface area contributed by atoms with Crippen LogP contribution in [-0.2, 0) is 4.79 Å². The van der Waals surface area contributed by atoms with Crippen molar-refractivity contribution in [2.45, 2.75) is 19.0 Å². The van der Waals surface area contributed by atoms with Gasteiger partial charge in [0.25, 0.3) is 0 Å². The van der Waals surface area contributed by atoms with E-state index >= 15 is 0 Å². The van der Waals surface area contributed by atoms with Crippen molar-refractivity contribution in [2.75, 3.05) is 31.5 Å². The van der Waals surface area contributed by atoms with Crippen LogP contribution in [0.4, 0.5) is 5.69 Å². The summed E-state index contributed by atoms with van der Waals surface area (Å²) in [6, 6.07) is 26.5. The third-order valence-corrected chi connectivity index (χ3v) is 6.66. The maximum atomic E-state index is 13.0. The number of H-pyrrole nitrogens is 2. The van der Waals surface area contributed by atoms with Crippen LogP contribution in [0.25, 0.3) is 11.0 Å². The van der Waals surface area contributed by atoms with Gasteiger partial charge in [-0.15, -0.1) is 0 Å². The lowest BCUT2D eigenvalue weighted by atomic mass is 9.96. The minimum Gasteiger partial charge on any atom is -0.325 e. The highest BCUT2D eigenvalue weighted by atomic mass is 16.2. The summed E-state index contributed by atoms with van der Waals surface area (Å²) in [5, 5.41) is 3.00. The second-order valence-corrected chi connectivity index (χ2v) is 8.80. The Hall–Kier alpha value is -3.68. The van der Waals surface area contributed by atoms with Gasteiger partial charge in [0.1, 0.15) is 0 Å². The number of carbonyl (C=O) groups excluding carboxylic acids is 1. The van der Waals surface area contributed by atoms with Crippen LogP contribution in [0.1, 0.15) is 24.1 Å². The zero-order valence-electron chi connectivity index (χ0n) is 19.2. The molecule has 3 N–H and O–H groups in total. The summed E-state index contributed by atoms with van der Waals surface area (Å²) in [6.45, 7) is 5.34. The Morgan fingerprint density at radius 2 is 1.35 bits per heavy atom. The molecule has 1 aliphatic heterocycles. The molecule has 1 fully saturated rings. The number of hydrogen-bond donors (Lipinski definition) is 3. The number of fused-ring (bicyclic) bond motifs is 1. The molecule has 0 bridgehead atoms. The summed E-state index contributed by atoms with van der Waals surface area (Å²) in [5.41, 5.74) is 4.38. The molecule has 2 heterocycles.